The fraction of sp³-hybridized carbons (Fsp3) is 0.417. The number of nitrogens with zero attached hydrogens (tertiary/aromatic N) is 3. The van der Waals surface area contributed by atoms with Gasteiger partial charge in [-0.3, -0.25) is 9.88 Å². The maximum Gasteiger partial charge on any atom is 0.183 e. The van der Waals surface area contributed by atoms with Gasteiger partial charge in [-0.15, -0.1) is 11.3 Å². The van der Waals surface area contributed by atoms with Crippen LogP contribution in [-0.2, 0) is 13.0 Å². The maximum absolute atomic E-state index is 4.57. The van der Waals surface area contributed by atoms with Crippen LogP contribution in [0.3, 0.4) is 0 Å². The number of aryl methyl sites for hydroxylation is 1. The van der Waals surface area contributed by atoms with E-state index in [4.69, 9.17) is 0 Å². The topological polar surface area (TPSA) is 41.1 Å². The van der Waals surface area contributed by atoms with Crippen LogP contribution >= 0.6 is 11.3 Å². The molecule has 0 amide bonds. The molecule has 1 unspecified atom stereocenters. The van der Waals surface area contributed by atoms with Gasteiger partial charge in [-0.05, 0) is 69.3 Å². The fourth-order valence-corrected chi connectivity index (χ4v) is 5.06. The number of hydrogen-bond donors (Lipinski definition) is 1. The molecular weight excluding hydrogens is 376 g/mol. The van der Waals surface area contributed by atoms with Crippen LogP contribution in [0, 0.1) is 6.92 Å². The molecule has 0 bridgehead atoms. The number of hydrogen-bond acceptors (Lipinski definition) is 5. The largest absolute Gasteiger partial charge is 0.359 e. The van der Waals surface area contributed by atoms with Crippen LogP contribution < -0.4 is 5.32 Å². The summed E-state index contributed by atoms with van der Waals surface area (Å²) in [6, 6.07) is 14.3. The van der Waals surface area contributed by atoms with Gasteiger partial charge in [0.2, 0.25) is 0 Å². The van der Waals surface area contributed by atoms with E-state index in [0.717, 1.165) is 30.3 Å². The molecule has 0 aliphatic carbocycles. The Bertz CT molecular complexity index is 915. The van der Waals surface area contributed by atoms with E-state index in [9.17, 15) is 0 Å². The summed E-state index contributed by atoms with van der Waals surface area (Å²) >= 11 is 1.81. The lowest BCUT2D eigenvalue weighted by Crippen LogP contribution is -2.22. The second-order valence-electron chi connectivity index (χ2n) is 8.30. The molecule has 0 saturated carbocycles. The van der Waals surface area contributed by atoms with Crippen LogP contribution in [0.15, 0.2) is 48.8 Å². The van der Waals surface area contributed by atoms with Gasteiger partial charge in [-0.2, -0.15) is 0 Å². The summed E-state index contributed by atoms with van der Waals surface area (Å²) < 4.78 is 0. The lowest BCUT2D eigenvalue weighted by molar-refractivity contribution is 0.251. The SMILES string of the molecule is Cc1ccc(Cc2ccc(CN3CCCC3c3cnc(NC(C)C)s3)cc2)cn1. The second kappa shape index (κ2) is 9.06. The van der Waals surface area contributed by atoms with E-state index >= 15 is 0 Å². The third-order valence-corrected chi connectivity index (χ3v) is 6.45. The number of thiazole rings is 1. The van der Waals surface area contributed by atoms with Crippen LogP contribution in [0.4, 0.5) is 5.13 Å². The molecule has 1 atom stereocenters. The van der Waals surface area contributed by atoms with E-state index in [1.807, 2.05) is 24.5 Å². The van der Waals surface area contributed by atoms with Crippen molar-refractivity contribution >= 4 is 16.5 Å². The molecule has 152 valence electrons. The molecule has 2 aromatic heterocycles. The molecule has 1 N–H and O–H groups in total. The summed E-state index contributed by atoms with van der Waals surface area (Å²) in [5, 5.41) is 4.47. The Morgan fingerprint density at radius 2 is 1.79 bits per heavy atom. The molecule has 0 spiro atoms. The Labute approximate surface area is 178 Å². The van der Waals surface area contributed by atoms with E-state index in [2.05, 4.69) is 76.6 Å². The van der Waals surface area contributed by atoms with Crippen molar-refractivity contribution in [1.29, 1.82) is 0 Å². The van der Waals surface area contributed by atoms with Crippen molar-refractivity contribution in [1.82, 2.24) is 14.9 Å². The molecular formula is C24H30N4S. The number of anilines is 1. The Morgan fingerprint density at radius 1 is 1.03 bits per heavy atom. The molecule has 29 heavy (non-hydrogen) atoms. The Hall–Kier alpha value is -2.24. The summed E-state index contributed by atoms with van der Waals surface area (Å²) in [5.41, 5.74) is 5.05. The van der Waals surface area contributed by atoms with E-state index in [1.165, 1.54) is 34.4 Å². The van der Waals surface area contributed by atoms with Gasteiger partial charge in [0.05, 0.1) is 0 Å². The van der Waals surface area contributed by atoms with Crippen LogP contribution in [0.2, 0.25) is 0 Å². The number of benzene rings is 1. The van der Waals surface area contributed by atoms with Crippen molar-refractivity contribution in [3.8, 4) is 0 Å². The Balaban J connectivity index is 1.39. The minimum absolute atomic E-state index is 0.419. The van der Waals surface area contributed by atoms with Crippen molar-refractivity contribution in [2.45, 2.75) is 58.7 Å². The number of pyridine rings is 1. The van der Waals surface area contributed by atoms with Crippen molar-refractivity contribution in [3.05, 3.63) is 76.1 Å². The van der Waals surface area contributed by atoms with Crippen LogP contribution in [0.1, 0.15) is 60.0 Å². The maximum atomic E-state index is 4.57. The quantitative estimate of drug-likeness (QED) is 0.555. The molecule has 3 heterocycles. The minimum Gasteiger partial charge on any atom is -0.359 e. The van der Waals surface area contributed by atoms with Gasteiger partial charge >= 0.3 is 0 Å². The summed E-state index contributed by atoms with van der Waals surface area (Å²) in [5.74, 6) is 0. The van der Waals surface area contributed by atoms with Gasteiger partial charge in [0.15, 0.2) is 5.13 Å². The first-order valence-corrected chi connectivity index (χ1v) is 11.3. The first-order valence-electron chi connectivity index (χ1n) is 10.5. The summed E-state index contributed by atoms with van der Waals surface area (Å²) in [6.07, 6.45) is 7.47. The molecule has 1 aliphatic heterocycles. The third-order valence-electron chi connectivity index (χ3n) is 5.42. The minimum atomic E-state index is 0.419. The highest BCUT2D eigenvalue weighted by Gasteiger charge is 2.27. The van der Waals surface area contributed by atoms with E-state index in [1.54, 1.807) is 0 Å². The second-order valence-corrected chi connectivity index (χ2v) is 9.36. The Morgan fingerprint density at radius 3 is 2.52 bits per heavy atom. The third kappa shape index (κ3) is 5.22. The first-order chi connectivity index (χ1) is 14.1. The standard InChI is InChI=1S/C24H30N4S/c1-17(2)27-24-26-15-23(29-24)22-5-4-12-28(22)16-20-10-8-19(9-11-20)13-21-7-6-18(3)25-14-21/h6-11,14-15,17,22H,4-5,12-13,16H2,1-3H3,(H,26,27). The average Bonchev–Trinajstić information content (AvgIpc) is 3.34. The van der Waals surface area contributed by atoms with Crippen molar-refractivity contribution in [3.63, 3.8) is 0 Å². The van der Waals surface area contributed by atoms with Gasteiger partial charge in [0.25, 0.3) is 0 Å². The van der Waals surface area contributed by atoms with E-state index < -0.39 is 0 Å². The highest BCUT2D eigenvalue weighted by molar-refractivity contribution is 7.15. The normalized spacial score (nSPS) is 17.2. The zero-order valence-electron chi connectivity index (χ0n) is 17.6. The van der Waals surface area contributed by atoms with Crippen LogP contribution in [0.25, 0.3) is 0 Å². The molecule has 1 aromatic carbocycles. The van der Waals surface area contributed by atoms with Gasteiger partial charge in [0.1, 0.15) is 0 Å². The number of rotatable bonds is 7. The van der Waals surface area contributed by atoms with Crippen LogP contribution in [-0.4, -0.2) is 27.5 Å². The summed E-state index contributed by atoms with van der Waals surface area (Å²) in [7, 11) is 0. The molecule has 4 nitrogen and oxygen atoms in total. The highest BCUT2D eigenvalue weighted by Crippen LogP contribution is 2.37. The fourth-order valence-electron chi connectivity index (χ4n) is 3.93. The number of aromatic nitrogens is 2. The predicted molar refractivity (Wildman–Crippen MR) is 121 cm³/mol. The van der Waals surface area contributed by atoms with Crippen LogP contribution in [0.5, 0.6) is 0 Å². The molecule has 1 saturated heterocycles. The highest BCUT2D eigenvalue weighted by atomic mass is 32.1. The van der Waals surface area contributed by atoms with Gasteiger partial charge in [-0.1, -0.05) is 30.3 Å². The monoisotopic (exact) mass is 406 g/mol. The zero-order valence-corrected chi connectivity index (χ0v) is 18.4. The van der Waals surface area contributed by atoms with Crippen molar-refractivity contribution < 1.29 is 0 Å². The van der Waals surface area contributed by atoms with Crippen molar-refractivity contribution in [2.24, 2.45) is 0 Å². The van der Waals surface area contributed by atoms with Crippen molar-refractivity contribution in [2.75, 3.05) is 11.9 Å². The lowest BCUT2D eigenvalue weighted by atomic mass is 10.0. The molecule has 0 radical (unpaired) electrons. The number of nitrogens with one attached hydrogen (secondary N) is 1. The molecule has 5 heteroatoms. The first kappa shape index (κ1) is 20.0. The van der Waals surface area contributed by atoms with Gasteiger partial charge in [0, 0.05) is 41.6 Å². The van der Waals surface area contributed by atoms with Gasteiger partial charge < -0.3 is 5.32 Å². The van der Waals surface area contributed by atoms with E-state index in [-0.39, 0.29) is 0 Å². The molecule has 3 aromatic rings. The summed E-state index contributed by atoms with van der Waals surface area (Å²) in [6.45, 7) is 8.50. The molecule has 1 aliphatic rings. The lowest BCUT2D eigenvalue weighted by Gasteiger charge is -2.23. The zero-order chi connectivity index (χ0) is 20.2. The molecule has 1 fully saturated rings. The van der Waals surface area contributed by atoms with E-state index in [0.29, 0.717) is 12.1 Å². The summed E-state index contributed by atoms with van der Waals surface area (Å²) in [4.78, 5) is 13.0. The molecule has 4 rings (SSSR count). The van der Waals surface area contributed by atoms with Gasteiger partial charge in [-0.25, -0.2) is 4.98 Å². The number of likely N-dealkylation sites (tertiary alicyclic amines) is 1. The smallest absolute Gasteiger partial charge is 0.183 e. The average molecular weight is 407 g/mol. The Kier molecular flexibility index (Phi) is 6.26. The predicted octanol–water partition coefficient (Wildman–Crippen LogP) is 5.59.